The van der Waals surface area contributed by atoms with Gasteiger partial charge < -0.3 is 5.32 Å². The molecule has 0 aliphatic rings. The Morgan fingerprint density at radius 3 is 2.80 bits per heavy atom. The maximum Gasteiger partial charge on any atom is 0.115 e. The standard InChI is InChI=1S/C15H15N5/c1-2-4-13(5-3-1)10-20-11-15(9-19-20)17-8-14-6-7-16-12-18-14/h1-7,9,11-12,17H,8,10H2. The minimum absolute atomic E-state index is 0.666. The van der Waals surface area contributed by atoms with Crippen LogP contribution in [-0.2, 0) is 13.1 Å². The van der Waals surface area contributed by atoms with Crippen LogP contribution in [0.5, 0.6) is 0 Å². The van der Waals surface area contributed by atoms with Crippen LogP contribution in [0.1, 0.15) is 11.3 Å². The summed E-state index contributed by atoms with van der Waals surface area (Å²) in [5.41, 5.74) is 3.17. The third kappa shape index (κ3) is 3.20. The Labute approximate surface area is 117 Å². The van der Waals surface area contributed by atoms with Gasteiger partial charge in [-0.3, -0.25) is 4.68 Å². The minimum atomic E-state index is 0.666. The molecule has 0 fully saturated rings. The summed E-state index contributed by atoms with van der Waals surface area (Å²) < 4.78 is 1.91. The molecule has 0 amide bonds. The summed E-state index contributed by atoms with van der Waals surface area (Å²) in [6.07, 6.45) is 7.11. The molecule has 1 aromatic carbocycles. The molecule has 0 radical (unpaired) electrons. The molecule has 0 saturated carbocycles. The van der Waals surface area contributed by atoms with Crippen LogP contribution in [-0.4, -0.2) is 19.7 Å². The molecule has 0 bridgehead atoms. The Bertz CT molecular complexity index is 648. The van der Waals surface area contributed by atoms with Crippen molar-refractivity contribution < 1.29 is 0 Å². The van der Waals surface area contributed by atoms with Crippen molar-refractivity contribution in [3.8, 4) is 0 Å². The van der Waals surface area contributed by atoms with Crippen molar-refractivity contribution in [2.24, 2.45) is 0 Å². The van der Waals surface area contributed by atoms with Crippen LogP contribution in [0.15, 0.2) is 61.3 Å². The number of hydrogen-bond acceptors (Lipinski definition) is 4. The first-order chi connectivity index (χ1) is 9.90. The van der Waals surface area contributed by atoms with E-state index in [-0.39, 0.29) is 0 Å². The monoisotopic (exact) mass is 265 g/mol. The Morgan fingerprint density at radius 2 is 2.00 bits per heavy atom. The molecular formula is C15H15N5. The Hall–Kier alpha value is -2.69. The van der Waals surface area contributed by atoms with Crippen LogP contribution < -0.4 is 5.32 Å². The summed E-state index contributed by atoms with van der Waals surface area (Å²) in [6.45, 7) is 1.44. The second-order valence-electron chi connectivity index (χ2n) is 4.47. The number of nitrogens with one attached hydrogen (secondary N) is 1. The summed E-state index contributed by atoms with van der Waals surface area (Å²) in [5, 5.41) is 7.64. The zero-order valence-corrected chi connectivity index (χ0v) is 11.0. The van der Waals surface area contributed by atoms with Crippen molar-refractivity contribution in [2.75, 3.05) is 5.32 Å². The zero-order chi connectivity index (χ0) is 13.6. The van der Waals surface area contributed by atoms with Crippen molar-refractivity contribution in [3.63, 3.8) is 0 Å². The average molecular weight is 265 g/mol. The fourth-order valence-electron chi connectivity index (χ4n) is 1.93. The summed E-state index contributed by atoms with van der Waals surface area (Å²) >= 11 is 0. The van der Waals surface area contributed by atoms with Gasteiger partial charge in [0.2, 0.25) is 0 Å². The predicted molar refractivity (Wildman–Crippen MR) is 77.1 cm³/mol. The van der Waals surface area contributed by atoms with Crippen molar-refractivity contribution >= 4 is 5.69 Å². The summed E-state index contributed by atoms with van der Waals surface area (Å²) in [7, 11) is 0. The first kappa shape index (κ1) is 12.3. The van der Waals surface area contributed by atoms with Crippen LogP contribution >= 0.6 is 0 Å². The van der Waals surface area contributed by atoms with E-state index in [0.29, 0.717) is 6.54 Å². The molecule has 5 nitrogen and oxygen atoms in total. The van der Waals surface area contributed by atoms with Gasteiger partial charge in [0.1, 0.15) is 6.33 Å². The van der Waals surface area contributed by atoms with Crippen LogP contribution in [0.2, 0.25) is 0 Å². The molecule has 0 atom stereocenters. The third-order valence-electron chi connectivity index (χ3n) is 2.94. The van der Waals surface area contributed by atoms with Gasteiger partial charge in [0.15, 0.2) is 0 Å². The first-order valence-electron chi connectivity index (χ1n) is 6.45. The SMILES string of the molecule is c1ccc(Cn2cc(NCc3ccncn3)cn2)cc1. The molecule has 3 aromatic rings. The van der Waals surface area contributed by atoms with E-state index >= 15 is 0 Å². The third-order valence-corrected chi connectivity index (χ3v) is 2.94. The molecule has 100 valence electrons. The van der Waals surface area contributed by atoms with Crippen LogP contribution in [0.3, 0.4) is 0 Å². The molecule has 2 aromatic heterocycles. The largest absolute Gasteiger partial charge is 0.377 e. The maximum absolute atomic E-state index is 4.35. The fraction of sp³-hybridized carbons (Fsp3) is 0.133. The van der Waals surface area contributed by atoms with Gasteiger partial charge in [0.05, 0.1) is 30.7 Å². The fourth-order valence-corrected chi connectivity index (χ4v) is 1.93. The molecule has 5 heteroatoms. The number of nitrogens with zero attached hydrogens (tertiary/aromatic N) is 4. The highest BCUT2D eigenvalue weighted by atomic mass is 15.3. The van der Waals surface area contributed by atoms with E-state index in [1.54, 1.807) is 12.5 Å². The van der Waals surface area contributed by atoms with Crippen LogP contribution in [0.4, 0.5) is 5.69 Å². The summed E-state index contributed by atoms with van der Waals surface area (Å²) in [4.78, 5) is 8.06. The van der Waals surface area contributed by atoms with Crippen molar-refractivity contribution in [1.82, 2.24) is 19.7 Å². The lowest BCUT2D eigenvalue weighted by Gasteiger charge is -2.02. The molecule has 2 heterocycles. The highest BCUT2D eigenvalue weighted by Gasteiger charge is 2.00. The summed E-state index contributed by atoms with van der Waals surface area (Å²) in [6, 6.07) is 12.2. The molecule has 0 aliphatic carbocycles. The highest BCUT2D eigenvalue weighted by Crippen LogP contribution is 2.09. The lowest BCUT2D eigenvalue weighted by Crippen LogP contribution is -2.01. The van der Waals surface area contributed by atoms with Gasteiger partial charge in [-0.15, -0.1) is 0 Å². The van der Waals surface area contributed by atoms with E-state index in [0.717, 1.165) is 17.9 Å². The van der Waals surface area contributed by atoms with E-state index in [2.05, 4.69) is 32.5 Å². The maximum atomic E-state index is 4.35. The second kappa shape index (κ2) is 5.97. The lowest BCUT2D eigenvalue weighted by atomic mass is 10.2. The average Bonchev–Trinajstić information content (AvgIpc) is 2.95. The minimum Gasteiger partial charge on any atom is -0.377 e. The molecule has 20 heavy (non-hydrogen) atoms. The van der Waals surface area contributed by atoms with E-state index in [1.165, 1.54) is 5.56 Å². The van der Waals surface area contributed by atoms with Gasteiger partial charge in [-0.05, 0) is 11.6 Å². The number of anilines is 1. The van der Waals surface area contributed by atoms with Crippen molar-refractivity contribution in [1.29, 1.82) is 0 Å². The molecule has 0 aliphatic heterocycles. The first-order valence-corrected chi connectivity index (χ1v) is 6.45. The van der Waals surface area contributed by atoms with Gasteiger partial charge in [-0.2, -0.15) is 5.10 Å². The number of hydrogen-bond donors (Lipinski definition) is 1. The van der Waals surface area contributed by atoms with Gasteiger partial charge in [-0.1, -0.05) is 30.3 Å². The lowest BCUT2D eigenvalue weighted by molar-refractivity contribution is 0.687. The molecule has 1 N–H and O–H groups in total. The van der Waals surface area contributed by atoms with E-state index in [1.807, 2.05) is 41.3 Å². The molecule has 0 unspecified atom stereocenters. The molecule has 0 spiro atoms. The van der Waals surface area contributed by atoms with E-state index < -0.39 is 0 Å². The summed E-state index contributed by atoms with van der Waals surface area (Å²) in [5.74, 6) is 0. The normalized spacial score (nSPS) is 10.4. The van der Waals surface area contributed by atoms with E-state index in [4.69, 9.17) is 0 Å². The topological polar surface area (TPSA) is 55.6 Å². The Morgan fingerprint density at radius 1 is 1.10 bits per heavy atom. The smallest absolute Gasteiger partial charge is 0.115 e. The predicted octanol–water partition coefficient (Wildman–Crippen LogP) is 2.33. The molecular weight excluding hydrogens is 250 g/mol. The van der Waals surface area contributed by atoms with Crippen molar-refractivity contribution in [2.45, 2.75) is 13.1 Å². The number of benzene rings is 1. The Kier molecular flexibility index (Phi) is 3.68. The van der Waals surface area contributed by atoms with Crippen molar-refractivity contribution in [3.05, 3.63) is 72.6 Å². The highest BCUT2D eigenvalue weighted by molar-refractivity contribution is 5.38. The molecule has 3 rings (SSSR count). The number of rotatable bonds is 5. The zero-order valence-electron chi connectivity index (χ0n) is 11.0. The van der Waals surface area contributed by atoms with Gasteiger partial charge in [-0.25, -0.2) is 9.97 Å². The van der Waals surface area contributed by atoms with Crippen LogP contribution in [0.25, 0.3) is 0 Å². The van der Waals surface area contributed by atoms with E-state index in [9.17, 15) is 0 Å². The Balaban J connectivity index is 1.60. The van der Waals surface area contributed by atoms with Gasteiger partial charge >= 0.3 is 0 Å². The second-order valence-corrected chi connectivity index (χ2v) is 4.47. The molecule has 0 saturated heterocycles. The number of aromatic nitrogens is 4. The van der Waals surface area contributed by atoms with Gasteiger partial charge in [0, 0.05) is 12.4 Å². The van der Waals surface area contributed by atoms with Crippen LogP contribution in [0, 0.1) is 0 Å². The van der Waals surface area contributed by atoms with Gasteiger partial charge in [0.25, 0.3) is 0 Å². The quantitative estimate of drug-likeness (QED) is 0.769.